The van der Waals surface area contributed by atoms with E-state index in [9.17, 15) is 4.79 Å². The van der Waals surface area contributed by atoms with Crippen molar-refractivity contribution in [1.29, 1.82) is 0 Å². The predicted octanol–water partition coefficient (Wildman–Crippen LogP) is 3.06. The van der Waals surface area contributed by atoms with Crippen molar-refractivity contribution >= 4 is 18.0 Å². The van der Waals surface area contributed by atoms with Crippen LogP contribution in [0.3, 0.4) is 0 Å². The quantitative estimate of drug-likeness (QED) is 0.464. The molecule has 0 radical (unpaired) electrons. The minimum atomic E-state index is -0.373. The molecule has 0 aliphatic rings. The van der Waals surface area contributed by atoms with Gasteiger partial charge >= 0.3 is 5.97 Å². The van der Waals surface area contributed by atoms with Gasteiger partial charge in [0, 0.05) is 26.0 Å². The molecule has 0 spiro atoms. The van der Waals surface area contributed by atoms with Gasteiger partial charge in [-0.3, -0.25) is 9.97 Å². The number of carbonyl (C=O) groups is 1. The van der Waals surface area contributed by atoms with Gasteiger partial charge in [0.05, 0.1) is 29.5 Å². The lowest BCUT2D eigenvalue weighted by Crippen LogP contribution is -2.14. The molecule has 126 valence electrons. The van der Waals surface area contributed by atoms with Gasteiger partial charge < -0.3 is 9.64 Å². The van der Waals surface area contributed by atoms with E-state index in [2.05, 4.69) is 21.9 Å². The third-order valence-electron chi connectivity index (χ3n) is 3.62. The summed E-state index contributed by atoms with van der Waals surface area (Å²) in [7, 11) is 1.96. The fourth-order valence-corrected chi connectivity index (χ4v) is 2.02. The zero-order valence-corrected chi connectivity index (χ0v) is 14.5. The van der Waals surface area contributed by atoms with Crippen molar-refractivity contribution in [2.45, 2.75) is 27.4 Å². The molecule has 0 amide bonds. The molecule has 1 aromatic carbocycles. The van der Waals surface area contributed by atoms with Crippen LogP contribution in [0.4, 0.5) is 5.69 Å². The maximum atomic E-state index is 12.3. The monoisotopic (exact) mass is 326 g/mol. The first-order chi connectivity index (χ1) is 11.5. The second kappa shape index (κ2) is 8.19. The lowest BCUT2D eigenvalue weighted by Gasteiger charge is -2.11. The molecular weight excluding hydrogens is 304 g/mol. The highest BCUT2D eigenvalue weighted by molar-refractivity contribution is 5.92. The average molecular weight is 326 g/mol. The number of aryl methyl sites for hydroxylation is 2. The average Bonchev–Trinajstić information content (AvgIpc) is 2.60. The van der Waals surface area contributed by atoms with E-state index in [1.54, 1.807) is 24.9 Å². The Morgan fingerprint density at radius 1 is 1.29 bits per heavy atom. The van der Waals surface area contributed by atoms with Gasteiger partial charge in [-0.25, -0.2) is 9.79 Å². The molecular formula is C18H22N4O2. The molecule has 0 fully saturated rings. The molecule has 6 nitrogen and oxygen atoms in total. The summed E-state index contributed by atoms with van der Waals surface area (Å²) in [5.74, 6) is -0.373. The second-order valence-corrected chi connectivity index (χ2v) is 5.54. The molecule has 2 rings (SSSR count). The van der Waals surface area contributed by atoms with Crippen molar-refractivity contribution < 1.29 is 9.53 Å². The first-order valence-electron chi connectivity index (χ1n) is 7.79. The molecule has 0 bridgehead atoms. The van der Waals surface area contributed by atoms with Gasteiger partial charge in [-0.2, -0.15) is 0 Å². The number of aliphatic imine (C=N–C) groups is 1. The van der Waals surface area contributed by atoms with Crippen LogP contribution in [0, 0.1) is 13.8 Å². The van der Waals surface area contributed by atoms with Crippen LogP contribution in [0.25, 0.3) is 0 Å². The van der Waals surface area contributed by atoms with Crippen molar-refractivity contribution in [2.75, 3.05) is 13.6 Å². The van der Waals surface area contributed by atoms with E-state index in [1.165, 1.54) is 0 Å². The smallest absolute Gasteiger partial charge is 0.338 e. The van der Waals surface area contributed by atoms with Crippen LogP contribution in [-0.2, 0) is 11.3 Å². The number of benzene rings is 1. The molecule has 6 heteroatoms. The number of ether oxygens (including phenoxy) is 1. The van der Waals surface area contributed by atoms with Gasteiger partial charge in [0.1, 0.15) is 6.61 Å². The van der Waals surface area contributed by atoms with E-state index in [1.807, 2.05) is 37.9 Å². The molecule has 2 aromatic rings. The third-order valence-corrected chi connectivity index (χ3v) is 3.62. The zero-order valence-electron chi connectivity index (χ0n) is 14.5. The summed E-state index contributed by atoms with van der Waals surface area (Å²) in [6.45, 7) is 6.85. The van der Waals surface area contributed by atoms with Gasteiger partial charge in [0.2, 0.25) is 0 Å². The largest absolute Gasteiger partial charge is 0.456 e. The number of hydrogen-bond acceptors (Lipinski definition) is 5. The third kappa shape index (κ3) is 4.62. The molecule has 0 saturated carbocycles. The van der Waals surface area contributed by atoms with Crippen LogP contribution in [0.15, 0.2) is 35.7 Å². The minimum absolute atomic E-state index is 0.104. The maximum absolute atomic E-state index is 12.3. The van der Waals surface area contributed by atoms with Crippen LogP contribution >= 0.6 is 0 Å². The molecule has 0 unspecified atom stereocenters. The summed E-state index contributed by atoms with van der Waals surface area (Å²) in [4.78, 5) is 26.8. The second-order valence-electron chi connectivity index (χ2n) is 5.54. The van der Waals surface area contributed by atoms with Crippen molar-refractivity contribution in [3.63, 3.8) is 0 Å². The summed E-state index contributed by atoms with van der Waals surface area (Å²) >= 11 is 0. The molecule has 1 heterocycles. The molecule has 0 aliphatic carbocycles. The van der Waals surface area contributed by atoms with E-state index in [0.717, 1.165) is 23.4 Å². The summed E-state index contributed by atoms with van der Waals surface area (Å²) in [5.41, 5.74) is 3.75. The molecule has 24 heavy (non-hydrogen) atoms. The molecule has 0 atom stereocenters. The van der Waals surface area contributed by atoms with Crippen molar-refractivity contribution in [1.82, 2.24) is 14.9 Å². The first-order valence-corrected chi connectivity index (χ1v) is 7.79. The van der Waals surface area contributed by atoms with E-state index in [0.29, 0.717) is 11.3 Å². The van der Waals surface area contributed by atoms with Gasteiger partial charge in [0.25, 0.3) is 0 Å². The molecule has 0 aliphatic heterocycles. The number of nitrogens with zero attached hydrogens (tertiary/aromatic N) is 4. The van der Waals surface area contributed by atoms with Gasteiger partial charge in [-0.15, -0.1) is 0 Å². The Kier molecular flexibility index (Phi) is 6.01. The summed E-state index contributed by atoms with van der Waals surface area (Å²) < 4.78 is 5.32. The summed E-state index contributed by atoms with van der Waals surface area (Å²) in [6, 6.07) is 3.71. The van der Waals surface area contributed by atoms with Crippen molar-refractivity contribution in [2.24, 2.45) is 4.99 Å². The SMILES string of the molecule is CCN(C)C=Nc1cc(C)c(C(=O)OCc2cnccn2)cc1C. The topological polar surface area (TPSA) is 67.7 Å². The van der Waals surface area contributed by atoms with Crippen LogP contribution in [0.5, 0.6) is 0 Å². The number of carbonyl (C=O) groups excluding carboxylic acids is 1. The molecule has 1 aromatic heterocycles. The standard InChI is InChI=1S/C18H22N4O2/c1-5-22(4)12-21-17-9-13(2)16(8-14(17)3)18(23)24-11-15-10-19-6-7-20-15/h6-10,12H,5,11H2,1-4H3. The van der Waals surface area contributed by atoms with E-state index < -0.39 is 0 Å². The van der Waals surface area contributed by atoms with Crippen molar-refractivity contribution in [3.05, 3.63) is 53.1 Å². The number of esters is 1. The maximum Gasteiger partial charge on any atom is 0.338 e. The van der Waals surface area contributed by atoms with E-state index >= 15 is 0 Å². The Balaban J connectivity index is 2.11. The normalized spacial score (nSPS) is 10.8. The lowest BCUT2D eigenvalue weighted by molar-refractivity contribution is 0.0466. The van der Waals surface area contributed by atoms with Crippen molar-refractivity contribution in [3.8, 4) is 0 Å². The fraction of sp³-hybridized carbons (Fsp3) is 0.333. The summed E-state index contributed by atoms with van der Waals surface area (Å²) in [6.07, 6.45) is 6.51. The highest BCUT2D eigenvalue weighted by Crippen LogP contribution is 2.24. The van der Waals surface area contributed by atoms with Gasteiger partial charge in [-0.1, -0.05) is 0 Å². The lowest BCUT2D eigenvalue weighted by atomic mass is 10.0. The highest BCUT2D eigenvalue weighted by Gasteiger charge is 2.13. The molecule has 0 N–H and O–H groups in total. The first kappa shape index (κ1) is 17.6. The molecule has 0 saturated heterocycles. The predicted molar refractivity (Wildman–Crippen MR) is 93.5 cm³/mol. The van der Waals surface area contributed by atoms with Crippen LogP contribution in [0.1, 0.15) is 34.1 Å². The van der Waals surface area contributed by atoms with Crippen LogP contribution < -0.4 is 0 Å². The number of aromatic nitrogens is 2. The Hall–Kier alpha value is -2.76. The Morgan fingerprint density at radius 2 is 2.08 bits per heavy atom. The minimum Gasteiger partial charge on any atom is -0.456 e. The number of rotatable bonds is 6. The van der Waals surface area contributed by atoms with E-state index in [-0.39, 0.29) is 12.6 Å². The fourth-order valence-electron chi connectivity index (χ4n) is 2.02. The highest BCUT2D eigenvalue weighted by atomic mass is 16.5. The van der Waals surface area contributed by atoms with Gasteiger partial charge in [-0.05, 0) is 44.0 Å². The van der Waals surface area contributed by atoms with Gasteiger partial charge in [0.15, 0.2) is 0 Å². The zero-order chi connectivity index (χ0) is 17.5. The summed E-state index contributed by atoms with van der Waals surface area (Å²) in [5, 5.41) is 0. The van der Waals surface area contributed by atoms with Crippen LogP contribution in [0.2, 0.25) is 0 Å². The number of hydrogen-bond donors (Lipinski definition) is 0. The Morgan fingerprint density at radius 3 is 2.75 bits per heavy atom. The van der Waals surface area contributed by atoms with Crippen LogP contribution in [-0.4, -0.2) is 40.8 Å². The Labute approximate surface area is 142 Å². The Bertz CT molecular complexity index is 729. The van der Waals surface area contributed by atoms with E-state index in [4.69, 9.17) is 4.74 Å².